The van der Waals surface area contributed by atoms with E-state index in [1.54, 1.807) is 0 Å². The molecule has 3 N–H and O–H groups in total. The number of sulfone groups is 1. The molecule has 0 fully saturated rings. The van der Waals surface area contributed by atoms with Crippen molar-refractivity contribution in [2.24, 2.45) is 0 Å². The van der Waals surface area contributed by atoms with Crippen molar-refractivity contribution in [2.75, 3.05) is 39.2 Å². The number of rotatable bonds is 9. The van der Waals surface area contributed by atoms with Gasteiger partial charge in [0.1, 0.15) is 15.9 Å². The van der Waals surface area contributed by atoms with Crippen LogP contribution in [0.4, 0.5) is 4.79 Å². The maximum atomic E-state index is 11.5. The molecule has 1 atom stereocenters. The second kappa shape index (κ2) is 8.75. The molecule has 1 unspecified atom stereocenters. The zero-order valence-corrected chi connectivity index (χ0v) is 12.9. The minimum Gasteiger partial charge on any atom is -0.480 e. The number of carbonyl (C=O) groups excluding carboxylic acids is 1. The predicted molar refractivity (Wildman–Crippen MR) is 75.5 cm³/mol. The molecule has 8 nitrogen and oxygen atoms in total. The number of nitrogens with zero attached hydrogens (tertiary/aromatic N) is 1. The number of hydrogen-bond donors (Lipinski definition) is 3. The molecule has 0 heterocycles. The lowest BCUT2D eigenvalue weighted by molar-refractivity contribution is -0.139. The van der Waals surface area contributed by atoms with Crippen LogP contribution >= 0.6 is 0 Å². The molecule has 118 valence electrons. The third-order valence-electron chi connectivity index (χ3n) is 2.45. The Morgan fingerprint density at radius 2 is 1.90 bits per heavy atom. The fourth-order valence-corrected chi connectivity index (χ4v) is 2.06. The number of urea groups is 1. The van der Waals surface area contributed by atoms with Gasteiger partial charge in [-0.15, -0.1) is 0 Å². The summed E-state index contributed by atoms with van der Waals surface area (Å²) in [6.45, 7) is 1.22. The van der Waals surface area contributed by atoms with Gasteiger partial charge in [-0.3, -0.25) is 0 Å². The van der Waals surface area contributed by atoms with E-state index < -0.39 is 27.9 Å². The van der Waals surface area contributed by atoms with Gasteiger partial charge < -0.3 is 20.6 Å². The number of amides is 2. The predicted octanol–water partition coefficient (Wildman–Crippen LogP) is -0.875. The lowest BCUT2D eigenvalue weighted by atomic mass is 10.2. The van der Waals surface area contributed by atoms with E-state index in [-0.39, 0.29) is 12.2 Å². The van der Waals surface area contributed by atoms with Gasteiger partial charge in [-0.25, -0.2) is 18.0 Å². The second-order valence-electron chi connectivity index (χ2n) is 4.87. The van der Waals surface area contributed by atoms with E-state index in [1.807, 2.05) is 19.0 Å². The van der Waals surface area contributed by atoms with Gasteiger partial charge in [0.25, 0.3) is 0 Å². The molecular formula is C11H23N3O5S. The lowest BCUT2D eigenvalue weighted by Gasteiger charge is -2.15. The van der Waals surface area contributed by atoms with E-state index >= 15 is 0 Å². The number of nitrogens with one attached hydrogen (secondary N) is 2. The van der Waals surface area contributed by atoms with Crippen molar-refractivity contribution in [3.05, 3.63) is 0 Å². The molecule has 0 aromatic heterocycles. The summed E-state index contributed by atoms with van der Waals surface area (Å²) in [6.07, 6.45) is 1.61. The summed E-state index contributed by atoms with van der Waals surface area (Å²) in [4.78, 5) is 24.4. The third-order valence-corrected chi connectivity index (χ3v) is 3.43. The van der Waals surface area contributed by atoms with Crippen LogP contribution in [0.3, 0.4) is 0 Å². The van der Waals surface area contributed by atoms with Gasteiger partial charge in [-0.05, 0) is 33.5 Å². The minimum atomic E-state index is -3.26. The normalized spacial score (nSPS) is 13.0. The zero-order valence-electron chi connectivity index (χ0n) is 12.0. The van der Waals surface area contributed by atoms with Crippen molar-refractivity contribution < 1.29 is 23.1 Å². The second-order valence-corrected chi connectivity index (χ2v) is 7.13. The highest BCUT2D eigenvalue weighted by molar-refractivity contribution is 7.90. The van der Waals surface area contributed by atoms with Crippen molar-refractivity contribution in [3.63, 3.8) is 0 Å². The van der Waals surface area contributed by atoms with Crippen LogP contribution in [0.2, 0.25) is 0 Å². The number of carboxylic acids is 1. The Hall–Kier alpha value is -1.35. The number of aliphatic carboxylic acids is 1. The summed E-state index contributed by atoms with van der Waals surface area (Å²) in [7, 11) is 0.557. The summed E-state index contributed by atoms with van der Waals surface area (Å²) in [5.74, 6) is -1.54. The van der Waals surface area contributed by atoms with Crippen LogP contribution in [0.15, 0.2) is 0 Å². The summed E-state index contributed by atoms with van der Waals surface area (Å²) >= 11 is 0. The molecule has 0 aromatic rings. The maximum absolute atomic E-state index is 11.5. The Kier molecular flexibility index (Phi) is 8.16. The van der Waals surface area contributed by atoms with Crippen LogP contribution in [-0.2, 0) is 14.6 Å². The van der Waals surface area contributed by atoms with Crippen LogP contribution < -0.4 is 10.6 Å². The van der Waals surface area contributed by atoms with Crippen molar-refractivity contribution in [2.45, 2.75) is 18.9 Å². The van der Waals surface area contributed by atoms with Crippen molar-refractivity contribution >= 4 is 21.8 Å². The molecular weight excluding hydrogens is 286 g/mol. The molecule has 0 bridgehead atoms. The van der Waals surface area contributed by atoms with Gasteiger partial charge in [0.15, 0.2) is 0 Å². The third kappa shape index (κ3) is 10.6. The number of carbonyl (C=O) groups is 2. The summed E-state index contributed by atoms with van der Waals surface area (Å²) < 4.78 is 22.0. The van der Waals surface area contributed by atoms with Crippen LogP contribution in [0.5, 0.6) is 0 Å². The molecule has 2 amide bonds. The molecule has 0 radical (unpaired) electrons. The van der Waals surface area contributed by atoms with Gasteiger partial charge in [0.2, 0.25) is 0 Å². The number of hydrogen-bond acceptors (Lipinski definition) is 5. The van der Waals surface area contributed by atoms with Crippen LogP contribution in [0, 0.1) is 0 Å². The highest BCUT2D eigenvalue weighted by Gasteiger charge is 2.21. The summed E-state index contributed by atoms with van der Waals surface area (Å²) in [6, 6.07) is -1.82. The fraction of sp³-hybridized carbons (Fsp3) is 0.818. The van der Waals surface area contributed by atoms with Crippen molar-refractivity contribution in [1.82, 2.24) is 15.5 Å². The first-order valence-electron chi connectivity index (χ1n) is 6.21. The van der Waals surface area contributed by atoms with Gasteiger partial charge >= 0.3 is 12.0 Å². The molecule has 0 spiro atoms. The molecule has 9 heteroatoms. The molecule has 0 saturated heterocycles. The Morgan fingerprint density at radius 3 is 2.35 bits per heavy atom. The van der Waals surface area contributed by atoms with Crippen LogP contribution in [-0.4, -0.2) is 75.7 Å². The van der Waals surface area contributed by atoms with E-state index in [1.165, 1.54) is 0 Å². The van der Waals surface area contributed by atoms with Gasteiger partial charge in [0.05, 0.1) is 5.75 Å². The van der Waals surface area contributed by atoms with Gasteiger partial charge in [-0.2, -0.15) is 0 Å². The first-order chi connectivity index (χ1) is 9.11. The Labute approximate surface area is 119 Å². The average Bonchev–Trinajstić information content (AvgIpc) is 2.28. The molecule has 20 heavy (non-hydrogen) atoms. The van der Waals surface area contributed by atoms with E-state index in [2.05, 4.69) is 10.6 Å². The van der Waals surface area contributed by atoms with Crippen molar-refractivity contribution in [1.29, 1.82) is 0 Å². The smallest absolute Gasteiger partial charge is 0.326 e. The standard InChI is InChI=1S/C11H23N3O5S/c1-14(2)7-4-6-12-11(17)13-9(10(15)16)5-8-20(3,18)19/h9H,4-8H2,1-3H3,(H,15,16)(H2,12,13,17). The Bertz CT molecular complexity index is 422. The molecule has 0 saturated carbocycles. The Balaban J connectivity index is 4.12. The van der Waals surface area contributed by atoms with Gasteiger partial charge in [0, 0.05) is 12.8 Å². The topological polar surface area (TPSA) is 116 Å². The first kappa shape index (κ1) is 18.7. The summed E-state index contributed by atoms with van der Waals surface area (Å²) in [5, 5.41) is 13.7. The maximum Gasteiger partial charge on any atom is 0.326 e. The largest absolute Gasteiger partial charge is 0.480 e. The van der Waals surface area contributed by atoms with E-state index in [0.717, 1.165) is 19.2 Å². The number of carboxylic acid groups (broad SMARTS) is 1. The highest BCUT2D eigenvalue weighted by atomic mass is 32.2. The Morgan fingerprint density at radius 1 is 1.30 bits per heavy atom. The molecule has 0 aliphatic heterocycles. The SMILES string of the molecule is CN(C)CCCNC(=O)NC(CCS(C)(=O)=O)C(=O)O. The summed E-state index contributed by atoms with van der Waals surface area (Å²) in [5.41, 5.74) is 0. The van der Waals surface area contributed by atoms with Crippen LogP contribution in [0.1, 0.15) is 12.8 Å². The molecule has 0 aromatic carbocycles. The van der Waals surface area contributed by atoms with E-state index in [9.17, 15) is 18.0 Å². The van der Waals surface area contributed by atoms with E-state index in [0.29, 0.717) is 6.54 Å². The van der Waals surface area contributed by atoms with Crippen LogP contribution in [0.25, 0.3) is 0 Å². The molecule has 0 aliphatic rings. The lowest BCUT2D eigenvalue weighted by Crippen LogP contribution is -2.47. The minimum absolute atomic E-state index is 0.153. The van der Waals surface area contributed by atoms with Crippen molar-refractivity contribution in [3.8, 4) is 0 Å². The average molecular weight is 309 g/mol. The monoisotopic (exact) mass is 309 g/mol. The fourth-order valence-electron chi connectivity index (χ4n) is 1.40. The quantitative estimate of drug-likeness (QED) is 0.477. The first-order valence-corrected chi connectivity index (χ1v) is 8.27. The molecule has 0 aliphatic carbocycles. The highest BCUT2D eigenvalue weighted by Crippen LogP contribution is 1.97. The van der Waals surface area contributed by atoms with E-state index in [4.69, 9.17) is 5.11 Å². The van der Waals surface area contributed by atoms with Gasteiger partial charge in [-0.1, -0.05) is 0 Å². The molecule has 0 rings (SSSR count). The zero-order chi connectivity index (χ0) is 15.8.